The zero-order chi connectivity index (χ0) is 20.4. The van der Waals surface area contributed by atoms with E-state index in [0.717, 1.165) is 36.8 Å². The van der Waals surface area contributed by atoms with E-state index in [4.69, 9.17) is 5.73 Å². The Morgan fingerprint density at radius 3 is 2.79 bits per heavy atom. The minimum Gasteiger partial charge on any atom is -0.365 e. The number of hydrogen-bond acceptors (Lipinski definition) is 6. The number of carbonyl (C=O) groups is 1. The van der Waals surface area contributed by atoms with E-state index in [1.807, 2.05) is 19.3 Å². The SMILES string of the molecule is Cn1cc(-c2cncc(Nc3nn(C4CCCC[C@@H]4C#N)cc3C(N)=O)c2)cn1. The second kappa shape index (κ2) is 7.75. The highest BCUT2D eigenvalue weighted by molar-refractivity contribution is 5.98. The number of anilines is 2. The average Bonchev–Trinajstić information content (AvgIpc) is 3.35. The van der Waals surface area contributed by atoms with Gasteiger partial charge in [0.05, 0.1) is 36.1 Å². The van der Waals surface area contributed by atoms with Gasteiger partial charge in [-0.15, -0.1) is 0 Å². The molecule has 0 aliphatic heterocycles. The number of aromatic nitrogens is 5. The fourth-order valence-electron chi connectivity index (χ4n) is 3.79. The number of primary amides is 1. The monoisotopic (exact) mass is 390 g/mol. The molecule has 1 fully saturated rings. The van der Waals surface area contributed by atoms with Crippen molar-refractivity contribution in [3.05, 3.63) is 42.6 Å². The van der Waals surface area contributed by atoms with Crippen LogP contribution in [0.3, 0.4) is 0 Å². The number of nitriles is 1. The molecule has 9 nitrogen and oxygen atoms in total. The number of nitrogens with one attached hydrogen (secondary N) is 1. The highest BCUT2D eigenvalue weighted by Gasteiger charge is 2.29. The van der Waals surface area contributed by atoms with Gasteiger partial charge in [-0.1, -0.05) is 12.8 Å². The van der Waals surface area contributed by atoms with Crippen LogP contribution in [0.1, 0.15) is 42.1 Å². The molecule has 29 heavy (non-hydrogen) atoms. The van der Waals surface area contributed by atoms with Crippen molar-refractivity contribution in [3.63, 3.8) is 0 Å². The van der Waals surface area contributed by atoms with E-state index in [1.54, 1.807) is 34.2 Å². The highest BCUT2D eigenvalue weighted by atomic mass is 16.1. The van der Waals surface area contributed by atoms with E-state index in [0.29, 0.717) is 17.1 Å². The fourth-order valence-corrected chi connectivity index (χ4v) is 3.79. The summed E-state index contributed by atoms with van der Waals surface area (Å²) >= 11 is 0. The van der Waals surface area contributed by atoms with Crippen LogP contribution in [0.25, 0.3) is 11.1 Å². The molecule has 3 N–H and O–H groups in total. The zero-order valence-electron chi connectivity index (χ0n) is 16.1. The summed E-state index contributed by atoms with van der Waals surface area (Å²) in [7, 11) is 1.85. The third kappa shape index (κ3) is 3.82. The summed E-state index contributed by atoms with van der Waals surface area (Å²) in [5.41, 5.74) is 8.37. The molecule has 1 amide bonds. The topological polar surface area (TPSA) is 127 Å². The van der Waals surface area contributed by atoms with Crippen LogP contribution in [0.4, 0.5) is 11.5 Å². The molecule has 3 aromatic heterocycles. The van der Waals surface area contributed by atoms with Gasteiger partial charge in [0.15, 0.2) is 5.82 Å². The summed E-state index contributed by atoms with van der Waals surface area (Å²) in [6.07, 6.45) is 12.5. The average molecular weight is 390 g/mol. The Balaban J connectivity index is 1.64. The van der Waals surface area contributed by atoms with Gasteiger partial charge in [-0.05, 0) is 18.9 Å². The van der Waals surface area contributed by atoms with Crippen LogP contribution in [-0.4, -0.2) is 30.5 Å². The Labute approximate surface area is 168 Å². The van der Waals surface area contributed by atoms with Gasteiger partial charge in [-0.3, -0.25) is 19.1 Å². The van der Waals surface area contributed by atoms with Gasteiger partial charge in [0.2, 0.25) is 0 Å². The molecule has 9 heteroatoms. The summed E-state index contributed by atoms with van der Waals surface area (Å²) in [6, 6.07) is 4.23. The number of nitrogens with two attached hydrogens (primary N) is 1. The molecule has 1 unspecified atom stereocenters. The molecule has 0 radical (unpaired) electrons. The predicted octanol–water partition coefficient (Wildman–Crippen LogP) is 2.78. The molecule has 1 aliphatic carbocycles. The molecule has 148 valence electrons. The van der Waals surface area contributed by atoms with Crippen LogP contribution >= 0.6 is 0 Å². The van der Waals surface area contributed by atoms with Crippen LogP contribution in [0.2, 0.25) is 0 Å². The number of rotatable bonds is 5. The zero-order valence-corrected chi connectivity index (χ0v) is 16.1. The lowest BCUT2D eigenvalue weighted by Crippen LogP contribution is -2.22. The van der Waals surface area contributed by atoms with Gasteiger partial charge in [0.1, 0.15) is 5.56 Å². The molecule has 0 bridgehead atoms. The van der Waals surface area contributed by atoms with Gasteiger partial charge < -0.3 is 11.1 Å². The summed E-state index contributed by atoms with van der Waals surface area (Å²) in [5.74, 6) is -0.322. The molecule has 0 spiro atoms. The first-order valence-corrected chi connectivity index (χ1v) is 9.55. The second-order valence-corrected chi connectivity index (χ2v) is 7.31. The van der Waals surface area contributed by atoms with Crippen molar-refractivity contribution < 1.29 is 4.79 Å². The van der Waals surface area contributed by atoms with Gasteiger partial charge in [-0.2, -0.15) is 15.5 Å². The number of nitrogens with zero attached hydrogens (tertiary/aromatic N) is 6. The van der Waals surface area contributed by atoms with E-state index in [9.17, 15) is 10.1 Å². The van der Waals surface area contributed by atoms with Crippen LogP contribution in [-0.2, 0) is 7.05 Å². The molecule has 2 atom stereocenters. The first-order valence-electron chi connectivity index (χ1n) is 9.55. The third-order valence-electron chi connectivity index (χ3n) is 5.27. The standard InChI is InChI=1S/C20H22N8O/c1-27-11-15(9-24-27)14-6-16(10-23-8-14)25-20-17(19(22)29)12-28(26-20)18-5-3-2-4-13(18)7-21/h6,8-13,18H,2-5H2,1H3,(H2,22,29)(H,25,26)/t13-,18?/m1/s1. The molecular formula is C20H22N8O. The van der Waals surface area contributed by atoms with E-state index < -0.39 is 5.91 Å². The maximum absolute atomic E-state index is 12.0. The number of pyridine rings is 1. The van der Waals surface area contributed by atoms with Gasteiger partial charge in [-0.25, -0.2) is 0 Å². The predicted molar refractivity (Wildman–Crippen MR) is 107 cm³/mol. The Hall–Kier alpha value is -3.67. The minimum absolute atomic E-state index is 0.0535. The fraction of sp³-hybridized carbons (Fsp3) is 0.350. The van der Waals surface area contributed by atoms with Crippen LogP contribution < -0.4 is 11.1 Å². The van der Waals surface area contributed by atoms with Crippen molar-refractivity contribution in [2.45, 2.75) is 31.7 Å². The van der Waals surface area contributed by atoms with E-state index in [1.165, 1.54) is 0 Å². The molecule has 0 saturated heterocycles. The lowest BCUT2D eigenvalue weighted by molar-refractivity contribution is 0.100. The van der Waals surface area contributed by atoms with Crippen molar-refractivity contribution in [3.8, 4) is 17.2 Å². The Morgan fingerprint density at radius 2 is 2.07 bits per heavy atom. The van der Waals surface area contributed by atoms with Crippen molar-refractivity contribution in [1.82, 2.24) is 24.5 Å². The van der Waals surface area contributed by atoms with E-state index in [2.05, 4.69) is 26.6 Å². The smallest absolute Gasteiger partial charge is 0.254 e. The van der Waals surface area contributed by atoms with E-state index >= 15 is 0 Å². The lowest BCUT2D eigenvalue weighted by Gasteiger charge is -2.26. The highest BCUT2D eigenvalue weighted by Crippen LogP contribution is 2.34. The van der Waals surface area contributed by atoms with Crippen LogP contribution in [0.15, 0.2) is 37.1 Å². The van der Waals surface area contributed by atoms with Crippen LogP contribution in [0, 0.1) is 17.2 Å². The molecule has 1 saturated carbocycles. The molecule has 0 aromatic carbocycles. The number of carbonyl (C=O) groups excluding carboxylic acids is 1. The van der Waals surface area contributed by atoms with Crippen molar-refractivity contribution in [2.75, 3.05) is 5.32 Å². The quantitative estimate of drug-likeness (QED) is 0.689. The van der Waals surface area contributed by atoms with Crippen molar-refractivity contribution in [2.24, 2.45) is 18.7 Å². The number of amides is 1. The summed E-state index contributed by atoms with van der Waals surface area (Å²) in [5, 5.41) is 21.4. The first-order chi connectivity index (χ1) is 14.0. The number of aryl methyl sites for hydroxylation is 1. The number of hydrogen-bond donors (Lipinski definition) is 2. The maximum Gasteiger partial charge on any atom is 0.254 e. The summed E-state index contributed by atoms with van der Waals surface area (Å²) < 4.78 is 3.44. The molecule has 4 rings (SSSR count). The van der Waals surface area contributed by atoms with Gasteiger partial charge in [0, 0.05) is 36.8 Å². The van der Waals surface area contributed by atoms with Crippen molar-refractivity contribution >= 4 is 17.4 Å². The summed E-state index contributed by atoms with van der Waals surface area (Å²) in [4.78, 5) is 16.3. The Morgan fingerprint density at radius 1 is 1.24 bits per heavy atom. The summed E-state index contributed by atoms with van der Waals surface area (Å²) in [6.45, 7) is 0. The third-order valence-corrected chi connectivity index (χ3v) is 5.27. The van der Waals surface area contributed by atoms with E-state index in [-0.39, 0.29) is 12.0 Å². The normalized spacial score (nSPS) is 18.9. The minimum atomic E-state index is -0.570. The van der Waals surface area contributed by atoms with Gasteiger partial charge in [0.25, 0.3) is 5.91 Å². The molecule has 3 aromatic rings. The molecular weight excluding hydrogens is 368 g/mol. The largest absolute Gasteiger partial charge is 0.365 e. The maximum atomic E-state index is 12.0. The molecule has 3 heterocycles. The second-order valence-electron chi connectivity index (χ2n) is 7.31. The Bertz CT molecular complexity index is 1080. The first kappa shape index (κ1) is 18.7. The lowest BCUT2D eigenvalue weighted by atomic mass is 9.85. The molecule has 1 aliphatic rings. The van der Waals surface area contributed by atoms with Crippen LogP contribution in [0.5, 0.6) is 0 Å². The van der Waals surface area contributed by atoms with Gasteiger partial charge >= 0.3 is 0 Å². The Kier molecular flexibility index (Phi) is 4.99. The van der Waals surface area contributed by atoms with Crippen molar-refractivity contribution in [1.29, 1.82) is 5.26 Å².